The molecule has 2 aliphatic heterocycles. The molecule has 90 valence electrons. The fourth-order valence-electron chi connectivity index (χ4n) is 2.60. The second-order valence-electron chi connectivity index (χ2n) is 4.42. The molecule has 1 aromatic heterocycles. The predicted molar refractivity (Wildman–Crippen MR) is 71.7 cm³/mol. The molecule has 1 atom stereocenters. The Hall–Kier alpha value is -0.920. The number of amides is 1. The number of rotatable bonds is 1. The van der Waals surface area contributed by atoms with Crippen molar-refractivity contribution in [1.29, 1.82) is 0 Å². The smallest absolute Gasteiger partial charge is 0.223 e. The van der Waals surface area contributed by atoms with Gasteiger partial charge in [0, 0.05) is 38.3 Å². The van der Waals surface area contributed by atoms with Crippen molar-refractivity contribution in [2.45, 2.75) is 18.9 Å². The maximum absolute atomic E-state index is 11.6. The molecule has 0 aromatic carbocycles. The normalized spacial score (nSPS) is 24.1. The quantitative estimate of drug-likeness (QED) is 0.710. The lowest BCUT2D eigenvalue weighted by Crippen LogP contribution is -2.51. The molecule has 0 saturated carbocycles. The average Bonchev–Trinajstić information content (AvgIpc) is 2.71. The van der Waals surface area contributed by atoms with Gasteiger partial charge < -0.3 is 9.80 Å². The van der Waals surface area contributed by atoms with Crippen molar-refractivity contribution >= 4 is 34.3 Å². The predicted octanol–water partition coefficient (Wildman–Crippen LogP) is 0.892. The second-order valence-corrected chi connectivity index (χ2v) is 5.58. The maximum Gasteiger partial charge on any atom is 0.223 e. The summed E-state index contributed by atoms with van der Waals surface area (Å²) in [7, 11) is 0. The van der Waals surface area contributed by atoms with Gasteiger partial charge in [-0.25, -0.2) is 9.97 Å². The first kappa shape index (κ1) is 11.2. The zero-order valence-electron chi connectivity index (χ0n) is 9.34. The van der Waals surface area contributed by atoms with Gasteiger partial charge in [-0.2, -0.15) is 0 Å². The SMILES string of the molecule is O=C1CCC2CN(c3ncncc3I)CCN12. The summed E-state index contributed by atoms with van der Waals surface area (Å²) >= 11 is 2.26. The van der Waals surface area contributed by atoms with Gasteiger partial charge in [-0.1, -0.05) is 0 Å². The fraction of sp³-hybridized carbons (Fsp3) is 0.545. The number of carbonyl (C=O) groups is 1. The number of nitrogens with zero attached hydrogens (tertiary/aromatic N) is 4. The Morgan fingerprint density at radius 3 is 3.12 bits per heavy atom. The number of anilines is 1. The molecule has 3 rings (SSSR count). The second kappa shape index (κ2) is 4.40. The number of piperazine rings is 1. The van der Waals surface area contributed by atoms with Gasteiger partial charge in [0.1, 0.15) is 12.1 Å². The summed E-state index contributed by atoms with van der Waals surface area (Å²) in [5.41, 5.74) is 0. The minimum Gasteiger partial charge on any atom is -0.352 e. The van der Waals surface area contributed by atoms with Crippen molar-refractivity contribution in [3.8, 4) is 0 Å². The number of hydrogen-bond donors (Lipinski definition) is 0. The van der Waals surface area contributed by atoms with Crippen LogP contribution in [-0.2, 0) is 4.79 Å². The van der Waals surface area contributed by atoms with E-state index < -0.39 is 0 Å². The van der Waals surface area contributed by atoms with E-state index >= 15 is 0 Å². The Kier molecular flexibility index (Phi) is 2.89. The first-order valence-electron chi connectivity index (χ1n) is 5.75. The maximum atomic E-state index is 11.6. The number of halogens is 1. The van der Waals surface area contributed by atoms with E-state index in [4.69, 9.17) is 0 Å². The van der Waals surface area contributed by atoms with Gasteiger partial charge in [0.15, 0.2) is 0 Å². The zero-order chi connectivity index (χ0) is 11.8. The van der Waals surface area contributed by atoms with E-state index in [1.807, 2.05) is 11.1 Å². The number of aromatic nitrogens is 2. The molecule has 6 heteroatoms. The molecule has 2 aliphatic rings. The third-order valence-corrected chi connectivity index (χ3v) is 4.20. The Morgan fingerprint density at radius 2 is 2.29 bits per heavy atom. The van der Waals surface area contributed by atoms with Crippen LogP contribution < -0.4 is 4.90 Å². The average molecular weight is 344 g/mol. The molecule has 3 heterocycles. The van der Waals surface area contributed by atoms with Crippen LogP contribution in [0, 0.1) is 3.57 Å². The Balaban J connectivity index is 1.80. The third-order valence-electron chi connectivity index (χ3n) is 3.44. The van der Waals surface area contributed by atoms with Crippen LogP contribution in [-0.4, -0.2) is 46.5 Å². The van der Waals surface area contributed by atoms with Crippen molar-refractivity contribution in [3.05, 3.63) is 16.1 Å². The van der Waals surface area contributed by atoms with Gasteiger partial charge in [0.2, 0.25) is 5.91 Å². The van der Waals surface area contributed by atoms with Crippen LogP contribution in [0.2, 0.25) is 0 Å². The molecule has 0 N–H and O–H groups in total. The molecule has 17 heavy (non-hydrogen) atoms. The van der Waals surface area contributed by atoms with Crippen molar-refractivity contribution in [2.75, 3.05) is 24.5 Å². The summed E-state index contributed by atoms with van der Waals surface area (Å²) in [5.74, 6) is 1.31. The molecule has 0 aliphatic carbocycles. The van der Waals surface area contributed by atoms with Gasteiger partial charge in [0.05, 0.1) is 3.57 Å². The Labute approximate surface area is 113 Å². The molecular weight excluding hydrogens is 331 g/mol. The first-order chi connectivity index (χ1) is 8.25. The lowest BCUT2D eigenvalue weighted by molar-refractivity contribution is -0.129. The first-order valence-corrected chi connectivity index (χ1v) is 6.83. The zero-order valence-corrected chi connectivity index (χ0v) is 11.5. The highest BCUT2D eigenvalue weighted by atomic mass is 127. The Morgan fingerprint density at radius 1 is 1.41 bits per heavy atom. The largest absolute Gasteiger partial charge is 0.352 e. The minimum absolute atomic E-state index is 0.312. The lowest BCUT2D eigenvalue weighted by atomic mass is 10.1. The van der Waals surface area contributed by atoms with E-state index in [2.05, 4.69) is 37.5 Å². The summed E-state index contributed by atoms with van der Waals surface area (Å²) in [6, 6.07) is 0.377. The van der Waals surface area contributed by atoms with Crippen molar-refractivity contribution in [3.63, 3.8) is 0 Å². The van der Waals surface area contributed by atoms with Crippen molar-refractivity contribution < 1.29 is 4.79 Å². The summed E-state index contributed by atoms with van der Waals surface area (Å²) < 4.78 is 1.07. The summed E-state index contributed by atoms with van der Waals surface area (Å²) in [4.78, 5) is 24.2. The highest BCUT2D eigenvalue weighted by Crippen LogP contribution is 2.27. The van der Waals surface area contributed by atoms with Gasteiger partial charge >= 0.3 is 0 Å². The van der Waals surface area contributed by atoms with Crippen LogP contribution in [0.3, 0.4) is 0 Å². The summed E-state index contributed by atoms with van der Waals surface area (Å²) in [6.45, 7) is 2.59. The summed E-state index contributed by atoms with van der Waals surface area (Å²) in [6.07, 6.45) is 5.11. The van der Waals surface area contributed by atoms with Crippen LogP contribution in [0.4, 0.5) is 5.82 Å². The van der Waals surface area contributed by atoms with E-state index in [1.165, 1.54) is 0 Å². The van der Waals surface area contributed by atoms with E-state index in [1.54, 1.807) is 6.33 Å². The van der Waals surface area contributed by atoms with Gasteiger partial charge in [-0.15, -0.1) is 0 Å². The van der Waals surface area contributed by atoms with Gasteiger partial charge in [0.25, 0.3) is 0 Å². The monoisotopic (exact) mass is 344 g/mol. The molecule has 0 bridgehead atoms. The van der Waals surface area contributed by atoms with Crippen LogP contribution >= 0.6 is 22.6 Å². The molecule has 5 nitrogen and oxygen atoms in total. The van der Waals surface area contributed by atoms with Crippen LogP contribution in [0.25, 0.3) is 0 Å². The van der Waals surface area contributed by atoms with E-state index in [0.29, 0.717) is 18.4 Å². The number of fused-ring (bicyclic) bond motifs is 1. The highest BCUT2D eigenvalue weighted by Gasteiger charge is 2.36. The van der Waals surface area contributed by atoms with E-state index in [9.17, 15) is 4.79 Å². The van der Waals surface area contributed by atoms with Crippen molar-refractivity contribution in [1.82, 2.24) is 14.9 Å². The third kappa shape index (κ3) is 1.98. The van der Waals surface area contributed by atoms with E-state index in [-0.39, 0.29) is 0 Å². The molecule has 2 saturated heterocycles. The molecule has 1 aromatic rings. The number of carbonyl (C=O) groups excluding carboxylic acids is 1. The molecule has 0 spiro atoms. The minimum atomic E-state index is 0.312. The summed E-state index contributed by atoms with van der Waals surface area (Å²) in [5, 5.41) is 0. The Bertz CT molecular complexity index is 453. The fourth-order valence-corrected chi connectivity index (χ4v) is 3.24. The topological polar surface area (TPSA) is 49.3 Å². The lowest BCUT2D eigenvalue weighted by Gasteiger charge is -2.38. The van der Waals surface area contributed by atoms with Crippen molar-refractivity contribution in [2.24, 2.45) is 0 Å². The molecule has 2 fully saturated rings. The van der Waals surface area contributed by atoms with Crippen LogP contribution in [0.5, 0.6) is 0 Å². The molecule has 0 radical (unpaired) electrons. The number of hydrogen-bond acceptors (Lipinski definition) is 4. The van der Waals surface area contributed by atoms with Gasteiger partial charge in [-0.05, 0) is 29.0 Å². The highest BCUT2D eigenvalue weighted by molar-refractivity contribution is 14.1. The molecular formula is C11H13IN4O. The van der Waals surface area contributed by atoms with Crippen LogP contribution in [0.15, 0.2) is 12.5 Å². The standard InChI is InChI=1S/C11H13IN4O/c12-9-5-13-7-14-11(9)15-3-4-16-8(6-15)1-2-10(16)17/h5,7-8H,1-4,6H2. The molecule has 1 amide bonds. The van der Waals surface area contributed by atoms with Gasteiger partial charge in [-0.3, -0.25) is 4.79 Å². The van der Waals surface area contributed by atoms with Crippen LogP contribution in [0.1, 0.15) is 12.8 Å². The molecule has 1 unspecified atom stereocenters. The van der Waals surface area contributed by atoms with E-state index in [0.717, 1.165) is 35.4 Å².